The van der Waals surface area contributed by atoms with Gasteiger partial charge in [-0.1, -0.05) is 15.9 Å². The molecule has 0 aliphatic carbocycles. The van der Waals surface area contributed by atoms with Crippen molar-refractivity contribution in [1.82, 2.24) is 0 Å². The maximum atomic E-state index is 12.1. The third kappa shape index (κ3) is 3.68. The minimum absolute atomic E-state index is 0.0844. The van der Waals surface area contributed by atoms with Gasteiger partial charge in [-0.05, 0) is 32.0 Å². The van der Waals surface area contributed by atoms with Crippen LogP contribution < -0.4 is 4.74 Å². The number of nitro benzene ring substituents is 1. The van der Waals surface area contributed by atoms with Gasteiger partial charge >= 0.3 is 5.69 Å². The molecule has 0 saturated carbocycles. The summed E-state index contributed by atoms with van der Waals surface area (Å²) in [5, 5.41) is 11.0. The number of hydrogen-bond acceptors (Lipinski definition) is 5. The number of carbonyl (C=O) groups is 1. The smallest absolute Gasteiger partial charge is 0.312 e. The van der Waals surface area contributed by atoms with E-state index in [0.29, 0.717) is 10.0 Å². The van der Waals surface area contributed by atoms with Crippen LogP contribution in [0.2, 0.25) is 0 Å². The van der Waals surface area contributed by atoms with Crippen LogP contribution in [0.1, 0.15) is 20.1 Å². The Balaban J connectivity index is 2.15. The van der Waals surface area contributed by atoms with Crippen LogP contribution in [0.4, 0.5) is 5.69 Å². The summed E-state index contributed by atoms with van der Waals surface area (Å²) in [5.41, 5.74) is 0.438. The molecule has 0 amide bonds. The van der Waals surface area contributed by atoms with Crippen molar-refractivity contribution in [2.45, 2.75) is 13.8 Å². The normalized spacial score (nSPS) is 10.4. The Kier molecular flexibility index (Phi) is 4.74. The molecule has 0 N–H and O–H groups in total. The second-order valence-corrected chi connectivity index (χ2v) is 6.78. The van der Waals surface area contributed by atoms with Gasteiger partial charge in [-0.25, -0.2) is 0 Å². The number of ether oxygens (including phenoxy) is 1. The number of aryl methyl sites for hydroxylation is 2. The monoisotopic (exact) mass is 369 g/mol. The highest BCUT2D eigenvalue weighted by Gasteiger charge is 2.18. The van der Waals surface area contributed by atoms with Crippen LogP contribution in [0.3, 0.4) is 0 Å². The molecule has 0 fully saturated rings. The molecule has 21 heavy (non-hydrogen) atoms. The number of nitrogens with zero attached hydrogens (tertiary/aromatic N) is 1. The van der Waals surface area contributed by atoms with E-state index in [-0.39, 0.29) is 23.8 Å². The Labute approximate surface area is 133 Å². The van der Waals surface area contributed by atoms with Gasteiger partial charge in [0.15, 0.2) is 12.4 Å². The first-order valence-corrected chi connectivity index (χ1v) is 7.66. The molecule has 0 aliphatic rings. The molecule has 0 aliphatic heterocycles. The lowest BCUT2D eigenvalue weighted by Crippen LogP contribution is -2.12. The number of carbonyl (C=O) groups excluding carboxylic acids is 1. The molecule has 110 valence electrons. The van der Waals surface area contributed by atoms with E-state index in [9.17, 15) is 14.9 Å². The highest BCUT2D eigenvalue weighted by atomic mass is 79.9. The maximum absolute atomic E-state index is 12.1. The fourth-order valence-corrected chi connectivity index (χ4v) is 3.18. The summed E-state index contributed by atoms with van der Waals surface area (Å²) in [6.45, 7) is 3.57. The van der Waals surface area contributed by atoms with E-state index in [4.69, 9.17) is 4.74 Å². The van der Waals surface area contributed by atoms with Crippen molar-refractivity contribution < 1.29 is 14.5 Å². The van der Waals surface area contributed by atoms with Gasteiger partial charge in [0.05, 0.1) is 4.92 Å². The Bertz CT molecular complexity index is 711. The molecule has 1 aromatic carbocycles. The molecule has 0 radical (unpaired) electrons. The van der Waals surface area contributed by atoms with Crippen molar-refractivity contribution in [3.8, 4) is 5.75 Å². The van der Waals surface area contributed by atoms with Crippen molar-refractivity contribution >= 4 is 38.7 Å². The molecule has 1 aromatic heterocycles. The summed E-state index contributed by atoms with van der Waals surface area (Å²) in [6.07, 6.45) is 0. The van der Waals surface area contributed by atoms with E-state index in [2.05, 4.69) is 15.9 Å². The highest BCUT2D eigenvalue weighted by Crippen LogP contribution is 2.30. The summed E-state index contributed by atoms with van der Waals surface area (Å²) in [4.78, 5) is 24.5. The van der Waals surface area contributed by atoms with Gasteiger partial charge in [0.2, 0.25) is 5.78 Å². The highest BCUT2D eigenvalue weighted by molar-refractivity contribution is 9.10. The van der Waals surface area contributed by atoms with Crippen molar-refractivity contribution in [2.75, 3.05) is 6.61 Å². The van der Waals surface area contributed by atoms with E-state index in [1.54, 1.807) is 6.07 Å². The lowest BCUT2D eigenvalue weighted by atomic mass is 10.2. The molecular formula is C14H12BrNO4S. The third-order valence-corrected chi connectivity index (χ3v) is 4.28. The number of nitro groups is 1. The fourth-order valence-electron chi connectivity index (χ4n) is 1.88. The topological polar surface area (TPSA) is 69.4 Å². The van der Waals surface area contributed by atoms with E-state index in [0.717, 1.165) is 9.75 Å². The summed E-state index contributed by atoms with van der Waals surface area (Å²) >= 11 is 4.71. The lowest BCUT2D eigenvalue weighted by molar-refractivity contribution is -0.385. The molecular weight excluding hydrogens is 358 g/mol. The maximum Gasteiger partial charge on any atom is 0.312 e. The van der Waals surface area contributed by atoms with Crippen molar-refractivity contribution in [2.24, 2.45) is 0 Å². The number of ketones is 1. The number of Topliss-reactive ketones (excluding diaryl/α,β-unsaturated/α-hetero) is 1. The van der Waals surface area contributed by atoms with Crippen molar-refractivity contribution in [3.63, 3.8) is 0 Å². The predicted molar refractivity (Wildman–Crippen MR) is 84.4 cm³/mol. The zero-order chi connectivity index (χ0) is 15.6. The van der Waals surface area contributed by atoms with E-state index < -0.39 is 4.92 Å². The molecule has 0 spiro atoms. The molecule has 0 unspecified atom stereocenters. The Morgan fingerprint density at radius 2 is 2.10 bits per heavy atom. The minimum atomic E-state index is -0.537. The van der Waals surface area contributed by atoms with Gasteiger partial charge in [-0.3, -0.25) is 14.9 Å². The second kappa shape index (κ2) is 6.36. The lowest BCUT2D eigenvalue weighted by Gasteiger charge is -2.06. The van der Waals surface area contributed by atoms with Gasteiger partial charge in [0.25, 0.3) is 0 Å². The Morgan fingerprint density at radius 1 is 1.38 bits per heavy atom. The molecule has 0 atom stereocenters. The predicted octanol–water partition coefficient (Wildman–Crippen LogP) is 4.30. The standard InChI is InChI=1S/C14H12BrNO4S/c1-8-5-11(9(2)21-8)13(17)7-20-14-4-3-10(15)6-12(14)16(18)19/h3-6H,7H2,1-2H3. The molecule has 1 heterocycles. The molecule has 0 saturated heterocycles. The summed E-state index contributed by atoms with van der Waals surface area (Å²) in [5.74, 6) is -0.102. The SMILES string of the molecule is Cc1cc(C(=O)COc2ccc(Br)cc2[N+](=O)[O-])c(C)s1. The van der Waals surface area contributed by atoms with Gasteiger partial charge in [0, 0.05) is 25.9 Å². The van der Waals surface area contributed by atoms with Crippen LogP contribution in [0.15, 0.2) is 28.7 Å². The second-order valence-electron chi connectivity index (χ2n) is 4.41. The van der Waals surface area contributed by atoms with Crippen molar-refractivity contribution in [1.29, 1.82) is 0 Å². The van der Waals surface area contributed by atoms with Crippen LogP contribution in [0.5, 0.6) is 5.75 Å². The van der Waals surface area contributed by atoms with E-state index >= 15 is 0 Å². The number of rotatable bonds is 5. The summed E-state index contributed by atoms with van der Waals surface area (Å²) in [6, 6.07) is 6.26. The van der Waals surface area contributed by atoms with Gasteiger partial charge in [-0.2, -0.15) is 0 Å². The zero-order valence-electron chi connectivity index (χ0n) is 11.4. The number of thiophene rings is 1. The Morgan fingerprint density at radius 3 is 2.67 bits per heavy atom. The van der Waals surface area contributed by atoms with Crippen molar-refractivity contribution in [3.05, 3.63) is 54.2 Å². The minimum Gasteiger partial charge on any atom is -0.478 e. The molecule has 5 nitrogen and oxygen atoms in total. The zero-order valence-corrected chi connectivity index (χ0v) is 13.8. The van der Waals surface area contributed by atoms with Crippen LogP contribution >= 0.6 is 27.3 Å². The van der Waals surface area contributed by atoms with Gasteiger partial charge < -0.3 is 4.74 Å². The van der Waals surface area contributed by atoms with E-state index in [1.165, 1.54) is 23.5 Å². The molecule has 0 bridgehead atoms. The molecule has 2 rings (SSSR count). The van der Waals surface area contributed by atoms with Crippen LogP contribution in [0.25, 0.3) is 0 Å². The summed E-state index contributed by atoms with van der Waals surface area (Å²) in [7, 11) is 0. The van der Waals surface area contributed by atoms with Crippen LogP contribution in [0, 0.1) is 24.0 Å². The first-order valence-electron chi connectivity index (χ1n) is 6.05. The number of halogens is 1. The Hall–Kier alpha value is -1.73. The number of hydrogen-bond donors (Lipinski definition) is 0. The quantitative estimate of drug-likeness (QED) is 0.447. The average molecular weight is 370 g/mol. The average Bonchev–Trinajstić information content (AvgIpc) is 2.75. The summed E-state index contributed by atoms with van der Waals surface area (Å²) < 4.78 is 5.91. The van der Waals surface area contributed by atoms with Gasteiger partial charge in [0.1, 0.15) is 0 Å². The van der Waals surface area contributed by atoms with Crippen LogP contribution in [-0.2, 0) is 0 Å². The molecule has 2 aromatic rings. The first kappa shape index (κ1) is 15.7. The largest absolute Gasteiger partial charge is 0.478 e. The third-order valence-electron chi connectivity index (χ3n) is 2.82. The van der Waals surface area contributed by atoms with E-state index in [1.807, 2.05) is 19.9 Å². The number of benzene rings is 1. The fraction of sp³-hybridized carbons (Fsp3) is 0.214. The first-order chi connectivity index (χ1) is 9.88. The van der Waals surface area contributed by atoms with Gasteiger partial charge in [-0.15, -0.1) is 11.3 Å². The van der Waals surface area contributed by atoms with Crippen LogP contribution in [-0.4, -0.2) is 17.3 Å². The molecule has 7 heteroatoms.